The summed E-state index contributed by atoms with van der Waals surface area (Å²) in [7, 11) is 0. The molecule has 1 atom stereocenters. The van der Waals surface area contributed by atoms with Crippen LogP contribution < -0.4 is 10.1 Å². The Kier molecular flexibility index (Phi) is 4.93. The van der Waals surface area contributed by atoms with Crippen LogP contribution in [-0.4, -0.2) is 31.8 Å². The Balaban J connectivity index is 1.39. The maximum absolute atomic E-state index is 12.7. The van der Waals surface area contributed by atoms with Gasteiger partial charge in [0.1, 0.15) is 12.4 Å². The summed E-state index contributed by atoms with van der Waals surface area (Å²) in [5.74, 6) is 0.556. The first-order chi connectivity index (χ1) is 12.8. The molecule has 1 amide bonds. The van der Waals surface area contributed by atoms with E-state index in [2.05, 4.69) is 29.6 Å². The van der Waals surface area contributed by atoms with Crippen molar-refractivity contribution in [2.24, 2.45) is 0 Å². The molecule has 4 rings (SSSR count). The van der Waals surface area contributed by atoms with E-state index in [9.17, 15) is 4.79 Å². The molecule has 26 heavy (non-hydrogen) atoms. The van der Waals surface area contributed by atoms with Crippen LogP contribution >= 0.6 is 0 Å². The molecule has 1 saturated carbocycles. The van der Waals surface area contributed by atoms with Gasteiger partial charge in [-0.2, -0.15) is 0 Å². The number of benzene rings is 2. The van der Waals surface area contributed by atoms with Crippen molar-refractivity contribution in [2.75, 3.05) is 19.8 Å². The lowest BCUT2D eigenvalue weighted by Gasteiger charge is -2.18. The number of rotatable bonds is 7. The molecule has 1 N–H and O–H groups in total. The van der Waals surface area contributed by atoms with E-state index in [4.69, 9.17) is 9.47 Å². The summed E-state index contributed by atoms with van der Waals surface area (Å²) in [4.78, 5) is 12.7. The third-order valence-electron chi connectivity index (χ3n) is 5.41. The van der Waals surface area contributed by atoms with E-state index < -0.39 is 0 Å². The van der Waals surface area contributed by atoms with E-state index >= 15 is 0 Å². The Morgan fingerprint density at radius 1 is 1.12 bits per heavy atom. The molecule has 4 nitrogen and oxygen atoms in total. The number of para-hydroxylation sites is 1. The number of amides is 1. The van der Waals surface area contributed by atoms with E-state index in [0.29, 0.717) is 24.5 Å². The molecule has 1 aliphatic carbocycles. The fraction of sp³-hybridized carbons (Fsp3) is 0.409. The summed E-state index contributed by atoms with van der Waals surface area (Å²) < 4.78 is 11.5. The minimum absolute atomic E-state index is 0.0739. The molecule has 1 unspecified atom stereocenters. The van der Waals surface area contributed by atoms with Crippen LogP contribution in [0.25, 0.3) is 0 Å². The number of ether oxygens (including phenoxy) is 2. The average Bonchev–Trinajstić information content (AvgIpc) is 3.31. The van der Waals surface area contributed by atoms with Gasteiger partial charge in [0.25, 0.3) is 5.91 Å². The summed E-state index contributed by atoms with van der Waals surface area (Å²) >= 11 is 0. The largest absolute Gasteiger partial charge is 0.490 e. The van der Waals surface area contributed by atoms with Gasteiger partial charge in [0.05, 0.1) is 11.7 Å². The zero-order valence-electron chi connectivity index (χ0n) is 14.9. The third kappa shape index (κ3) is 3.75. The summed E-state index contributed by atoms with van der Waals surface area (Å²) in [5.41, 5.74) is 2.00. The molecule has 136 valence electrons. The van der Waals surface area contributed by atoms with Crippen molar-refractivity contribution in [1.82, 2.24) is 5.32 Å². The Hall–Kier alpha value is -2.33. The van der Waals surface area contributed by atoms with Crippen LogP contribution in [0.15, 0.2) is 54.6 Å². The van der Waals surface area contributed by atoms with E-state index in [-0.39, 0.29) is 17.4 Å². The Morgan fingerprint density at radius 2 is 1.88 bits per heavy atom. The van der Waals surface area contributed by atoms with Gasteiger partial charge >= 0.3 is 0 Å². The molecule has 1 saturated heterocycles. The molecule has 0 aromatic heterocycles. The van der Waals surface area contributed by atoms with E-state index in [1.54, 1.807) is 0 Å². The molecular weight excluding hydrogens is 326 g/mol. The first-order valence-corrected chi connectivity index (χ1v) is 9.44. The monoisotopic (exact) mass is 351 g/mol. The molecule has 2 aromatic carbocycles. The average molecular weight is 351 g/mol. The highest BCUT2D eigenvalue weighted by molar-refractivity contribution is 5.97. The number of carbonyl (C=O) groups is 1. The molecule has 2 aromatic rings. The van der Waals surface area contributed by atoms with Gasteiger partial charge in [-0.3, -0.25) is 4.79 Å². The second-order valence-electron chi connectivity index (χ2n) is 7.27. The zero-order chi connectivity index (χ0) is 17.8. The van der Waals surface area contributed by atoms with Crippen LogP contribution in [0.5, 0.6) is 5.75 Å². The lowest BCUT2D eigenvalue weighted by molar-refractivity contribution is 0.0670. The van der Waals surface area contributed by atoms with Crippen LogP contribution in [0.4, 0.5) is 0 Å². The van der Waals surface area contributed by atoms with E-state index in [1.807, 2.05) is 30.3 Å². The second kappa shape index (κ2) is 7.50. The van der Waals surface area contributed by atoms with Crippen LogP contribution in [0, 0.1) is 0 Å². The normalized spacial score (nSPS) is 20.5. The molecule has 0 spiro atoms. The topological polar surface area (TPSA) is 47.6 Å². The van der Waals surface area contributed by atoms with Gasteiger partial charge in [0, 0.05) is 18.6 Å². The zero-order valence-corrected chi connectivity index (χ0v) is 14.9. The van der Waals surface area contributed by atoms with Crippen molar-refractivity contribution in [1.29, 1.82) is 0 Å². The lowest BCUT2D eigenvalue weighted by Crippen LogP contribution is -2.32. The molecule has 1 aliphatic heterocycles. The Bertz CT molecular complexity index is 749. The molecule has 4 heteroatoms. The Labute approximate surface area is 154 Å². The molecule has 0 bridgehead atoms. The second-order valence-corrected chi connectivity index (χ2v) is 7.27. The molecular formula is C22H25NO3. The number of nitrogens with one attached hydrogen (secondary N) is 1. The summed E-state index contributed by atoms with van der Waals surface area (Å²) in [6.07, 6.45) is 4.48. The predicted octanol–water partition coefficient (Wildman–Crippen LogP) is 3.71. The number of carbonyl (C=O) groups excluding carboxylic acids is 1. The minimum atomic E-state index is -0.0739. The van der Waals surface area contributed by atoms with Gasteiger partial charge < -0.3 is 14.8 Å². The van der Waals surface area contributed by atoms with Crippen LogP contribution in [0.1, 0.15) is 41.6 Å². The molecule has 2 fully saturated rings. The van der Waals surface area contributed by atoms with Gasteiger partial charge in [-0.05, 0) is 43.4 Å². The standard InChI is InChI=1S/C22H25NO3/c24-21(23-16-22(12-13-22)17-7-2-1-3-8-17)19-10-4-5-11-20(19)26-15-18-9-6-14-25-18/h1-5,7-8,10-11,18H,6,9,12-16H2,(H,23,24). The molecule has 2 aliphatic rings. The highest BCUT2D eigenvalue weighted by atomic mass is 16.5. The highest BCUT2D eigenvalue weighted by Gasteiger charge is 2.44. The molecule has 0 radical (unpaired) electrons. The van der Waals surface area contributed by atoms with Gasteiger partial charge in [-0.25, -0.2) is 0 Å². The van der Waals surface area contributed by atoms with Crippen molar-refractivity contribution in [2.45, 2.75) is 37.2 Å². The van der Waals surface area contributed by atoms with Crippen molar-refractivity contribution < 1.29 is 14.3 Å². The quantitative estimate of drug-likeness (QED) is 0.827. The SMILES string of the molecule is O=C(NCC1(c2ccccc2)CC1)c1ccccc1OCC1CCCO1. The first-order valence-electron chi connectivity index (χ1n) is 9.44. The highest BCUT2D eigenvalue weighted by Crippen LogP contribution is 2.47. The lowest BCUT2D eigenvalue weighted by atomic mass is 9.96. The minimum Gasteiger partial charge on any atom is -0.490 e. The smallest absolute Gasteiger partial charge is 0.255 e. The van der Waals surface area contributed by atoms with Gasteiger partial charge in [-0.15, -0.1) is 0 Å². The van der Waals surface area contributed by atoms with Crippen molar-refractivity contribution >= 4 is 5.91 Å². The van der Waals surface area contributed by atoms with Crippen molar-refractivity contribution in [3.8, 4) is 5.75 Å². The Morgan fingerprint density at radius 3 is 2.62 bits per heavy atom. The molecule has 1 heterocycles. The van der Waals surface area contributed by atoms with Gasteiger partial charge in [0.2, 0.25) is 0 Å². The van der Waals surface area contributed by atoms with Crippen LogP contribution in [0.3, 0.4) is 0 Å². The van der Waals surface area contributed by atoms with Crippen LogP contribution in [-0.2, 0) is 10.2 Å². The maximum atomic E-state index is 12.7. The van der Waals surface area contributed by atoms with Crippen molar-refractivity contribution in [3.05, 3.63) is 65.7 Å². The number of hydrogen-bond acceptors (Lipinski definition) is 3. The summed E-state index contributed by atoms with van der Waals surface area (Å²) in [6.45, 7) is 1.96. The summed E-state index contributed by atoms with van der Waals surface area (Å²) in [6, 6.07) is 17.9. The third-order valence-corrected chi connectivity index (χ3v) is 5.41. The van der Waals surface area contributed by atoms with E-state index in [0.717, 1.165) is 32.3 Å². The van der Waals surface area contributed by atoms with Crippen molar-refractivity contribution in [3.63, 3.8) is 0 Å². The maximum Gasteiger partial charge on any atom is 0.255 e. The summed E-state index contributed by atoms with van der Waals surface area (Å²) in [5, 5.41) is 3.12. The number of hydrogen-bond donors (Lipinski definition) is 1. The fourth-order valence-electron chi connectivity index (χ4n) is 3.59. The predicted molar refractivity (Wildman–Crippen MR) is 101 cm³/mol. The van der Waals surface area contributed by atoms with Gasteiger partial charge in [0.15, 0.2) is 0 Å². The van der Waals surface area contributed by atoms with Crippen LogP contribution in [0.2, 0.25) is 0 Å². The van der Waals surface area contributed by atoms with E-state index in [1.165, 1.54) is 5.56 Å². The first kappa shape index (κ1) is 17.1. The van der Waals surface area contributed by atoms with Gasteiger partial charge in [-0.1, -0.05) is 42.5 Å². The fourth-order valence-corrected chi connectivity index (χ4v) is 3.59.